The van der Waals surface area contributed by atoms with Gasteiger partial charge in [-0.2, -0.15) is 5.26 Å². The molecule has 0 saturated heterocycles. The van der Waals surface area contributed by atoms with E-state index in [4.69, 9.17) is 10.00 Å². The summed E-state index contributed by atoms with van der Waals surface area (Å²) in [5, 5.41) is 13.8. The van der Waals surface area contributed by atoms with Gasteiger partial charge in [0.25, 0.3) is 0 Å². The number of nitrogens with zero attached hydrogens (tertiary/aromatic N) is 1. The van der Waals surface area contributed by atoms with Gasteiger partial charge in [-0.05, 0) is 30.7 Å². The number of nitriles is 1. The van der Waals surface area contributed by atoms with E-state index < -0.39 is 0 Å². The average molecular weight is 233 g/mol. The molecule has 0 aliphatic heterocycles. The molecule has 0 saturated carbocycles. The first-order chi connectivity index (χ1) is 8.17. The molecular weight excluding hydrogens is 218 g/mol. The van der Waals surface area contributed by atoms with Crippen LogP contribution in [0, 0.1) is 18.3 Å². The van der Waals surface area contributed by atoms with E-state index in [1.54, 1.807) is 7.11 Å². The van der Waals surface area contributed by atoms with Crippen LogP contribution in [0.15, 0.2) is 18.2 Å². The average Bonchev–Trinajstić information content (AvgIpc) is 2.34. The minimum absolute atomic E-state index is 0.0299. The Labute approximate surface area is 100 Å². The summed E-state index contributed by atoms with van der Waals surface area (Å²) in [6.45, 7) is 2.11. The standard InChI is InChI=1S/C12H15N3O2/c1-9-7-10(17-2)3-4-11(9)15-8-12(16)14-6-5-13/h3-4,7,15H,6,8H2,1-2H3,(H,14,16). The van der Waals surface area contributed by atoms with Gasteiger partial charge >= 0.3 is 0 Å². The number of benzene rings is 1. The third-order valence-corrected chi connectivity index (χ3v) is 2.24. The molecule has 17 heavy (non-hydrogen) atoms. The zero-order valence-electron chi connectivity index (χ0n) is 9.91. The summed E-state index contributed by atoms with van der Waals surface area (Å²) < 4.78 is 5.09. The van der Waals surface area contributed by atoms with Crippen LogP contribution in [0.1, 0.15) is 5.56 Å². The smallest absolute Gasteiger partial charge is 0.240 e. The van der Waals surface area contributed by atoms with Crippen molar-refractivity contribution in [3.05, 3.63) is 23.8 Å². The monoisotopic (exact) mass is 233 g/mol. The Morgan fingerprint density at radius 2 is 2.29 bits per heavy atom. The van der Waals surface area contributed by atoms with Crippen LogP contribution < -0.4 is 15.4 Å². The largest absolute Gasteiger partial charge is 0.497 e. The molecule has 1 aromatic rings. The summed E-state index contributed by atoms with van der Waals surface area (Å²) >= 11 is 0. The second-order valence-electron chi connectivity index (χ2n) is 3.47. The number of rotatable bonds is 5. The molecule has 0 bridgehead atoms. The molecular formula is C12H15N3O2. The van der Waals surface area contributed by atoms with Crippen molar-refractivity contribution in [2.24, 2.45) is 0 Å². The number of anilines is 1. The van der Waals surface area contributed by atoms with E-state index >= 15 is 0 Å². The van der Waals surface area contributed by atoms with Gasteiger partial charge in [-0.25, -0.2) is 0 Å². The third kappa shape index (κ3) is 4.03. The van der Waals surface area contributed by atoms with Gasteiger partial charge in [0, 0.05) is 5.69 Å². The number of ether oxygens (including phenoxy) is 1. The molecule has 0 radical (unpaired) electrons. The molecule has 5 heteroatoms. The van der Waals surface area contributed by atoms with Crippen molar-refractivity contribution < 1.29 is 9.53 Å². The maximum absolute atomic E-state index is 11.3. The van der Waals surface area contributed by atoms with Crippen LogP contribution in [0.3, 0.4) is 0 Å². The highest BCUT2D eigenvalue weighted by Crippen LogP contribution is 2.20. The van der Waals surface area contributed by atoms with Crippen LogP contribution in [-0.4, -0.2) is 26.1 Å². The highest BCUT2D eigenvalue weighted by atomic mass is 16.5. The lowest BCUT2D eigenvalue weighted by molar-refractivity contribution is -0.119. The molecule has 0 spiro atoms. The molecule has 0 aliphatic rings. The highest BCUT2D eigenvalue weighted by Gasteiger charge is 2.03. The second-order valence-corrected chi connectivity index (χ2v) is 3.47. The first-order valence-corrected chi connectivity index (χ1v) is 5.19. The molecule has 90 valence electrons. The molecule has 1 aromatic carbocycles. The highest BCUT2D eigenvalue weighted by molar-refractivity contribution is 5.81. The Morgan fingerprint density at radius 3 is 2.88 bits per heavy atom. The summed E-state index contributed by atoms with van der Waals surface area (Å²) in [6.07, 6.45) is 0. The second kappa shape index (κ2) is 6.38. The quantitative estimate of drug-likeness (QED) is 0.746. The Bertz CT molecular complexity index is 438. The molecule has 1 amide bonds. The number of carbonyl (C=O) groups is 1. The maximum atomic E-state index is 11.3. The van der Waals surface area contributed by atoms with Crippen molar-refractivity contribution >= 4 is 11.6 Å². The number of hydrogen-bond acceptors (Lipinski definition) is 4. The van der Waals surface area contributed by atoms with Gasteiger partial charge < -0.3 is 15.4 Å². The molecule has 0 fully saturated rings. The minimum Gasteiger partial charge on any atom is -0.497 e. The zero-order valence-corrected chi connectivity index (χ0v) is 9.91. The Morgan fingerprint density at radius 1 is 1.53 bits per heavy atom. The first-order valence-electron chi connectivity index (χ1n) is 5.19. The number of hydrogen-bond donors (Lipinski definition) is 2. The van der Waals surface area contributed by atoms with Gasteiger partial charge in [-0.1, -0.05) is 0 Å². The van der Waals surface area contributed by atoms with Crippen molar-refractivity contribution in [1.29, 1.82) is 5.26 Å². The van der Waals surface area contributed by atoms with E-state index in [2.05, 4.69) is 10.6 Å². The summed E-state index contributed by atoms with van der Waals surface area (Å²) in [6, 6.07) is 7.41. The molecule has 0 unspecified atom stereocenters. The molecule has 0 heterocycles. The maximum Gasteiger partial charge on any atom is 0.240 e. The van der Waals surface area contributed by atoms with Crippen molar-refractivity contribution in [2.75, 3.05) is 25.5 Å². The van der Waals surface area contributed by atoms with Gasteiger partial charge in [-0.3, -0.25) is 4.79 Å². The van der Waals surface area contributed by atoms with Crippen LogP contribution in [0.2, 0.25) is 0 Å². The summed E-state index contributed by atoms with van der Waals surface area (Å²) in [7, 11) is 1.61. The minimum atomic E-state index is -0.207. The Balaban J connectivity index is 2.52. The third-order valence-electron chi connectivity index (χ3n) is 2.24. The van der Waals surface area contributed by atoms with Crippen molar-refractivity contribution in [3.8, 4) is 11.8 Å². The first kappa shape index (κ1) is 12.8. The van der Waals surface area contributed by atoms with Crippen LogP contribution in [0.5, 0.6) is 5.75 Å². The number of methoxy groups -OCH3 is 1. The van der Waals surface area contributed by atoms with Crippen molar-refractivity contribution in [2.45, 2.75) is 6.92 Å². The molecule has 0 atom stereocenters. The normalized spacial score (nSPS) is 9.24. The fourth-order valence-electron chi connectivity index (χ4n) is 1.34. The number of carbonyl (C=O) groups excluding carboxylic acids is 1. The lowest BCUT2D eigenvalue weighted by atomic mass is 10.2. The van der Waals surface area contributed by atoms with Gasteiger partial charge in [0.05, 0.1) is 19.7 Å². The lowest BCUT2D eigenvalue weighted by Gasteiger charge is -2.10. The SMILES string of the molecule is COc1ccc(NCC(=O)NCC#N)c(C)c1. The van der Waals surface area contributed by atoms with E-state index in [1.807, 2.05) is 31.2 Å². The molecule has 1 rings (SSSR count). The predicted molar refractivity (Wildman–Crippen MR) is 64.8 cm³/mol. The van der Waals surface area contributed by atoms with E-state index in [1.165, 1.54) is 0 Å². The molecule has 0 aliphatic carbocycles. The van der Waals surface area contributed by atoms with Gasteiger partial charge in [-0.15, -0.1) is 0 Å². The Kier molecular flexibility index (Phi) is 4.82. The van der Waals surface area contributed by atoms with E-state index in [0.717, 1.165) is 17.0 Å². The van der Waals surface area contributed by atoms with Crippen molar-refractivity contribution in [1.82, 2.24) is 5.32 Å². The predicted octanol–water partition coefficient (Wildman–Crippen LogP) is 1.06. The van der Waals surface area contributed by atoms with E-state index in [-0.39, 0.29) is 19.0 Å². The Hall–Kier alpha value is -2.22. The summed E-state index contributed by atoms with van der Waals surface area (Å²) in [5.41, 5.74) is 1.87. The lowest BCUT2D eigenvalue weighted by Crippen LogP contribution is -2.30. The molecule has 5 nitrogen and oxygen atoms in total. The van der Waals surface area contributed by atoms with E-state index in [9.17, 15) is 4.79 Å². The van der Waals surface area contributed by atoms with Crippen LogP contribution >= 0.6 is 0 Å². The number of aryl methyl sites for hydroxylation is 1. The number of nitrogens with one attached hydrogen (secondary N) is 2. The van der Waals surface area contributed by atoms with Crippen LogP contribution in [-0.2, 0) is 4.79 Å². The van der Waals surface area contributed by atoms with Crippen molar-refractivity contribution in [3.63, 3.8) is 0 Å². The van der Waals surface area contributed by atoms with E-state index in [0.29, 0.717) is 0 Å². The fourth-order valence-corrected chi connectivity index (χ4v) is 1.34. The number of amides is 1. The van der Waals surface area contributed by atoms with Gasteiger partial charge in [0.15, 0.2) is 0 Å². The molecule has 2 N–H and O–H groups in total. The van der Waals surface area contributed by atoms with Crippen LogP contribution in [0.4, 0.5) is 5.69 Å². The van der Waals surface area contributed by atoms with Crippen LogP contribution in [0.25, 0.3) is 0 Å². The zero-order chi connectivity index (χ0) is 12.7. The molecule has 0 aromatic heterocycles. The van der Waals surface area contributed by atoms with Gasteiger partial charge in [0.1, 0.15) is 12.3 Å². The topological polar surface area (TPSA) is 74.2 Å². The fraction of sp³-hybridized carbons (Fsp3) is 0.333. The van der Waals surface area contributed by atoms with Gasteiger partial charge in [0.2, 0.25) is 5.91 Å². The summed E-state index contributed by atoms with van der Waals surface area (Å²) in [5.74, 6) is 0.573. The summed E-state index contributed by atoms with van der Waals surface area (Å²) in [4.78, 5) is 11.3.